The molecule has 4 rings (SSSR count). The van der Waals surface area contributed by atoms with Gasteiger partial charge in [0.25, 0.3) is 0 Å². The predicted octanol–water partition coefficient (Wildman–Crippen LogP) is -1.23. The molecule has 3 fully saturated rings. The monoisotopic (exact) mass is 410 g/mol. The van der Waals surface area contributed by atoms with Crippen LogP contribution in [0.5, 0.6) is 0 Å². The Morgan fingerprint density at radius 2 is 2.04 bits per heavy atom. The molecule has 6 atom stereocenters. The van der Waals surface area contributed by atoms with Gasteiger partial charge in [-0.15, -0.1) is 11.8 Å². The van der Waals surface area contributed by atoms with E-state index in [0.717, 1.165) is 0 Å². The van der Waals surface area contributed by atoms with Gasteiger partial charge in [0.05, 0.1) is 24.1 Å². The Hall–Kier alpha value is -1.62. The molecule has 0 spiro atoms. The molecule has 10 heteroatoms. The molecule has 2 amide bonds. The van der Waals surface area contributed by atoms with Crippen LogP contribution in [0.1, 0.15) is 20.3 Å². The molecule has 0 aromatic rings. The summed E-state index contributed by atoms with van der Waals surface area (Å²) in [5.41, 5.74) is 5.78. The van der Waals surface area contributed by atoms with Gasteiger partial charge in [0.2, 0.25) is 11.8 Å². The maximum atomic E-state index is 12.5. The highest BCUT2D eigenvalue weighted by atomic mass is 32.2. The normalized spacial score (nSPS) is 36.3. The number of nitrogens with one attached hydrogen (secondary N) is 1. The fourth-order valence-electron chi connectivity index (χ4n) is 4.75. The van der Waals surface area contributed by atoms with E-state index >= 15 is 0 Å². The first-order valence-electron chi connectivity index (χ1n) is 9.63. The molecule has 0 bridgehead atoms. The molecule has 0 saturated carbocycles. The number of likely N-dealkylation sites (tertiary alicyclic amines) is 1. The average molecular weight is 410 g/mol. The van der Waals surface area contributed by atoms with Crippen molar-refractivity contribution in [3.63, 3.8) is 0 Å². The second kappa shape index (κ2) is 7.01. The zero-order valence-electron chi connectivity index (χ0n) is 15.9. The van der Waals surface area contributed by atoms with Gasteiger partial charge in [-0.2, -0.15) is 0 Å². The predicted molar refractivity (Wildman–Crippen MR) is 102 cm³/mol. The van der Waals surface area contributed by atoms with E-state index < -0.39 is 18.0 Å². The number of carboxylic acids is 1. The van der Waals surface area contributed by atoms with Crippen LogP contribution in [0.3, 0.4) is 0 Å². The SMILES string of the molecule is C[C@@H](O)[C@H]1C(=O)N2C(C(=O)O)=C(S[C@@H]3CN[C@H](C(=O)N4CC(N)C4)C3)[C@H](C)[C@@H]12. The van der Waals surface area contributed by atoms with Crippen LogP contribution in [0, 0.1) is 11.8 Å². The summed E-state index contributed by atoms with van der Waals surface area (Å²) in [4.78, 5) is 40.5. The van der Waals surface area contributed by atoms with Crippen LogP contribution in [-0.2, 0) is 14.4 Å². The largest absolute Gasteiger partial charge is 0.477 e. The van der Waals surface area contributed by atoms with Crippen molar-refractivity contribution in [1.29, 1.82) is 0 Å². The number of thioether (sulfide) groups is 1. The van der Waals surface area contributed by atoms with E-state index in [1.165, 1.54) is 16.7 Å². The second-order valence-corrected chi connectivity index (χ2v) is 9.55. The first-order chi connectivity index (χ1) is 13.2. The van der Waals surface area contributed by atoms with E-state index in [2.05, 4.69) is 5.32 Å². The van der Waals surface area contributed by atoms with Crippen molar-refractivity contribution in [3.8, 4) is 0 Å². The molecule has 0 aliphatic carbocycles. The van der Waals surface area contributed by atoms with Crippen LogP contribution in [0.15, 0.2) is 10.6 Å². The van der Waals surface area contributed by atoms with Crippen LogP contribution < -0.4 is 11.1 Å². The van der Waals surface area contributed by atoms with Gasteiger partial charge in [0, 0.05) is 41.7 Å². The van der Waals surface area contributed by atoms with E-state index in [1.54, 1.807) is 11.8 Å². The van der Waals surface area contributed by atoms with E-state index in [4.69, 9.17) is 5.73 Å². The van der Waals surface area contributed by atoms with Crippen LogP contribution in [0.25, 0.3) is 0 Å². The third-order valence-electron chi connectivity index (χ3n) is 6.21. The number of aliphatic hydroxyl groups is 1. The number of hydrogen-bond donors (Lipinski definition) is 4. The molecule has 0 unspecified atom stereocenters. The number of nitrogens with two attached hydrogens (primary N) is 1. The Kier molecular flexibility index (Phi) is 4.93. The number of rotatable bonds is 5. The summed E-state index contributed by atoms with van der Waals surface area (Å²) in [6, 6.07) is -0.531. The maximum absolute atomic E-state index is 12.5. The molecule has 4 aliphatic rings. The lowest BCUT2D eigenvalue weighted by Crippen LogP contribution is -2.63. The zero-order valence-corrected chi connectivity index (χ0v) is 16.7. The third kappa shape index (κ3) is 2.94. The number of hydrogen-bond acceptors (Lipinski definition) is 7. The van der Waals surface area contributed by atoms with Crippen LogP contribution >= 0.6 is 11.8 Å². The Labute approximate surface area is 167 Å². The summed E-state index contributed by atoms with van der Waals surface area (Å²) < 4.78 is 0. The second-order valence-electron chi connectivity index (χ2n) is 8.21. The number of carboxylic acid groups (broad SMARTS) is 1. The molecule has 0 aromatic carbocycles. The summed E-state index contributed by atoms with van der Waals surface area (Å²) in [6.45, 7) is 5.24. The van der Waals surface area contributed by atoms with Crippen molar-refractivity contribution >= 4 is 29.5 Å². The highest BCUT2D eigenvalue weighted by molar-refractivity contribution is 8.03. The smallest absolute Gasteiger partial charge is 0.353 e. The van der Waals surface area contributed by atoms with Crippen molar-refractivity contribution in [2.24, 2.45) is 17.6 Å². The Morgan fingerprint density at radius 1 is 1.36 bits per heavy atom. The molecule has 3 saturated heterocycles. The van der Waals surface area contributed by atoms with Crippen LogP contribution in [0.2, 0.25) is 0 Å². The molecule has 154 valence electrons. The lowest BCUT2D eigenvalue weighted by Gasteiger charge is -2.46. The third-order valence-corrected chi connectivity index (χ3v) is 7.73. The van der Waals surface area contributed by atoms with Crippen LogP contribution in [-0.4, -0.2) is 86.9 Å². The first kappa shape index (κ1) is 19.7. The summed E-state index contributed by atoms with van der Waals surface area (Å²) >= 11 is 1.45. The topological polar surface area (TPSA) is 136 Å². The quantitative estimate of drug-likeness (QED) is 0.414. The van der Waals surface area contributed by atoms with Crippen molar-refractivity contribution in [1.82, 2.24) is 15.1 Å². The average Bonchev–Trinajstić information content (AvgIpc) is 3.14. The van der Waals surface area contributed by atoms with E-state index in [0.29, 0.717) is 31.0 Å². The number of β-lactam (4-membered cyclic amide) rings is 1. The van der Waals surface area contributed by atoms with Gasteiger partial charge in [0.15, 0.2) is 0 Å². The molecular formula is C18H26N4O5S. The maximum Gasteiger partial charge on any atom is 0.353 e. The standard InChI is InChI=1S/C18H26N4O5S/c1-7-13-12(8(2)23)17(25)22(13)14(18(26)27)15(7)28-10-3-11(20-4-10)16(24)21-5-9(19)6-21/h7-13,20,23H,3-6,19H2,1-2H3,(H,26,27)/t7-,8-,10+,11+,12-,13+/m1/s1. The first-order valence-corrected chi connectivity index (χ1v) is 10.5. The molecule has 0 radical (unpaired) electrons. The van der Waals surface area contributed by atoms with Gasteiger partial charge >= 0.3 is 5.97 Å². The minimum Gasteiger partial charge on any atom is -0.477 e. The summed E-state index contributed by atoms with van der Waals surface area (Å²) in [6.07, 6.45) is -0.204. The van der Waals surface area contributed by atoms with Gasteiger partial charge < -0.3 is 31.1 Å². The Balaban J connectivity index is 1.46. The van der Waals surface area contributed by atoms with Crippen molar-refractivity contribution in [2.45, 2.75) is 49.7 Å². The molecule has 28 heavy (non-hydrogen) atoms. The van der Waals surface area contributed by atoms with Gasteiger partial charge in [0.1, 0.15) is 5.70 Å². The summed E-state index contributed by atoms with van der Waals surface area (Å²) in [7, 11) is 0. The van der Waals surface area contributed by atoms with Crippen molar-refractivity contribution < 1.29 is 24.6 Å². The molecule has 4 heterocycles. The van der Waals surface area contributed by atoms with Gasteiger partial charge in [-0.3, -0.25) is 9.59 Å². The molecular weight excluding hydrogens is 384 g/mol. The van der Waals surface area contributed by atoms with E-state index in [1.807, 2.05) is 6.92 Å². The lowest BCUT2D eigenvalue weighted by molar-refractivity contribution is -0.163. The van der Waals surface area contributed by atoms with Crippen molar-refractivity contribution in [3.05, 3.63) is 10.6 Å². The number of amides is 2. The van der Waals surface area contributed by atoms with Gasteiger partial charge in [-0.1, -0.05) is 6.92 Å². The fraction of sp³-hybridized carbons (Fsp3) is 0.722. The number of nitrogens with zero attached hydrogens (tertiary/aromatic N) is 2. The van der Waals surface area contributed by atoms with Gasteiger partial charge in [-0.05, 0) is 13.3 Å². The lowest BCUT2D eigenvalue weighted by atomic mass is 9.79. The Bertz CT molecular complexity index is 750. The molecule has 9 nitrogen and oxygen atoms in total. The zero-order chi connectivity index (χ0) is 20.3. The summed E-state index contributed by atoms with van der Waals surface area (Å²) in [5.74, 6) is -2.12. The number of carbonyl (C=O) groups excluding carboxylic acids is 2. The molecule has 4 aliphatic heterocycles. The number of carbonyl (C=O) groups is 3. The van der Waals surface area contributed by atoms with Crippen LogP contribution in [0.4, 0.5) is 0 Å². The molecule has 0 aromatic heterocycles. The number of aliphatic carboxylic acids is 1. The molecule has 5 N–H and O–H groups in total. The van der Waals surface area contributed by atoms with Gasteiger partial charge in [-0.25, -0.2) is 4.79 Å². The number of fused-ring (bicyclic) bond motifs is 1. The Morgan fingerprint density at radius 3 is 2.61 bits per heavy atom. The van der Waals surface area contributed by atoms with E-state index in [9.17, 15) is 24.6 Å². The fourth-order valence-corrected chi connectivity index (χ4v) is 6.23. The van der Waals surface area contributed by atoms with Crippen molar-refractivity contribution in [2.75, 3.05) is 19.6 Å². The van der Waals surface area contributed by atoms with E-state index in [-0.39, 0.29) is 46.8 Å². The highest BCUT2D eigenvalue weighted by Crippen LogP contribution is 2.51. The minimum absolute atomic E-state index is 0.0351. The number of aliphatic hydroxyl groups excluding tert-OH is 1. The summed E-state index contributed by atoms with van der Waals surface area (Å²) in [5, 5.41) is 22.9. The highest BCUT2D eigenvalue weighted by Gasteiger charge is 2.60. The minimum atomic E-state index is -1.12.